The Morgan fingerprint density at radius 3 is 1.94 bits per heavy atom. The van der Waals surface area contributed by atoms with Crippen LogP contribution in [0.15, 0.2) is 78.5 Å². The Morgan fingerprint density at radius 2 is 1.47 bits per heavy atom. The van der Waals surface area contributed by atoms with Crippen molar-refractivity contribution in [3.8, 4) is 0 Å². The van der Waals surface area contributed by atoms with Gasteiger partial charge in [-0.1, -0.05) is 93.9 Å². The monoisotopic (exact) mass is 463 g/mol. The van der Waals surface area contributed by atoms with Crippen LogP contribution in [0.4, 0.5) is 0 Å². The molecule has 3 rings (SSSR count). The molecule has 1 aliphatic rings. The average molecular weight is 464 g/mol. The van der Waals surface area contributed by atoms with Crippen molar-refractivity contribution >= 4 is 6.21 Å². The van der Waals surface area contributed by atoms with E-state index in [1.54, 1.807) is 6.21 Å². The van der Waals surface area contributed by atoms with E-state index in [1.165, 1.54) is 0 Å². The van der Waals surface area contributed by atoms with E-state index in [0.717, 1.165) is 30.4 Å². The van der Waals surface area contributed by atoms with Gasteiger partial charge in [-0.15, -0.1) is 11.7 Å². The van der Waals surface area contributed by atoms with E-state index in [2.05, 4.69) is 62.8 Å². The summed E-state index contributed by atoms with van der Waals surface area (Å²) in [6.07, 6.45) is 7.79. The van der Waals surface area contributed by atoms with Gasteiger partial charge in [0, 0.05) is 11.6 Å². The van der Waals surface area contributed by atoms with E-state index in [-0.39, 0.29) is 16.2 Å². The fourth-order valence-corrected chi connectivity index (χ4v) is 6.02. The largest absolute Gasteiger partial charge is 0.411 e. The molecule has 0 bridgehead atoms. The molecule has 4 nitrogen and oxygen atoms in total. The second-order valence-electron chi connectivity index (χ2n) is 10.7. The zero-order valence-corrected chi connectivity index (χ0v) is 21.1. The summed E-state index contributed by atoms with van der Waals surface area (Å²) in [5, 5.41) is 12.6. The molecule has 0 unspecified atom stereocenters. The SMILES string of the molecule is C=CC(COCc1ccccc1)(COCc1ccccc1)[C@@]1(C)CCCC(C)(C)[C@@H]1C/C=N\O. The molecule has 1 N–H and O–H groups in total. The molecule has 0 radical (unpaired) electrons. The van der Waals surface area contributed by atoms with Crippen LogP contribution in [-0.2, 0) is 22.7 Å². The second kappa shape index (κ2) is 11.8. The first-order chi connectivity index (χ1) is 16.4. The maximum absolute atomic E-state index is 9.23. The van der Waals surface area contributed by atoms with Crippen LogP contribution in [0.3, 0.4) is 0 Å². The third kappa shape index (κ3) is 5.97. The molecule has 0 amide bonds. The topological polar surface area (TPSA) is 51.0 Å². The number of rotatable bonds is 12. The van der Waals surface area contributed by atoms with Gasteiger partial charge in [-0.25, -0.2) is 0 Å². The molecule has 1 fully saturated rings. The quantitative estimate of drug-likeness (QED) is 0.156. The Balaban J connectivity index is 1.88. The number of ether oxygens (including phenoxy) is 2. The molecular weight excluding hydrogens is 422 g/mol. The smallest absolute Gasteiger partial charge is 0.0717 e. The van der Waals surface area contributed by atoms with Crippen LogP contribution in [-0.4, -0.2) is 24.6 Å². The maximum Gasteiger partial charge on any atom is 0.0717 e. The molecule has 0 aliphatic heterocycles. The summed E-state index contributed by atoms with van der Waals surface area (Å²) in [4.78, 5) is 0. The molecule has 1 saturated carbocycles. The summed E-state index contributed by atoms with van der Waals surface area (Å²) in [6.45, 7) is 13.5. The Morgan fingerprint density at radius 1 is 0.941 bits per heavy atom. The molecule has 1 aliphatic carbocycles. The highest BCUT2D eigenvalue weighted by Gasteiger charge is 2.56. The first-order valence-electron chi connectivity index (χ1n) is 12.4. The number of oxime groups is 1. The Hall–Kier alpha value is -2.43. The van der Waals surface area contributed by atoms with Crippen LogP contribution in [0.5, 0.6) is 0 Å². The van der Waals surface area contributed by atoms with Gasteiger partial charge in [0.15, 0.2) is 0 Å². The molecular formula is C30H41NO3. The molecule has 2 aromatic rings. The lowest BCUT2D eigenvalue weighted by atomic mass is 9.47. The fraction of sp³-hybridized carbons (Fsp3) is 0.500. The summed E-state index contributed by atoms with van der Waals surface area (Å²) >= 11 is 0. The van der Waals surface area contributed by atoms with Crippen molar-refractivity contribution in [2.24, 2.45) is 27.3 Å². The minimum absolute atomic E-state index is 0.0985. The first kappa shape index (κ1) is 26.2. The molecule has 2 atom stereocenters. The van der Waals surface area contributed by atoms with Crippen molar-refractivity contribution in [1.29, 1.82) is 0 Å². The van der Waals surface area contributed by atoms with Crippen molar-refractivity contribution in [2.45, 2.75) is 59.7 Å². The minimum Gasteiger partial charge on any atom is -0.411 e. The lowest BCUT2D eigenvalue weighted by molar-refractivity contribution is -0.136. The predicted molar refractivity (Wildman–Crippen MR) is 139 cm³/mol. The zero-order chi connectivity index (χ0) is 24.5. The van der Waals surface area contributed by atoms with Crippen molar-refractivity contribution in [2.75, 3.05) is 13.2 Å². The average Bonchev–Trinajstić information content (AvgIpc) is 2.84. The van der Waals surface area contributed by atoms with Gasteiger partial charge in [0.1, 0.15) is 0 Å². The van der Waals surface area contributed by atoms with Gasteiger partial charge in [0.25, 0.3) is 0 Å². The van der Waals surface area contributed by atoms with E-state index in [1.807, 2.05) is 36.4 Å². The third-order valence-corrected chi connectivity index (χ3v) is 8.12. The van der Waals surface area contributed by atoms with Gasteiger partial charge < -0.3 is 14.7 Å². The lowest BCUT2D eigenvalue weighted by Crippen LogP contribution is -2.55. The van der Waals surface area contributed by atoms with E-state index < -0.39 is 0 Å². The molecule has 0 saturated heterocycles. The molecule has 34 heavy (non-hydrogen) atoms. The van der Waals surface area contributed by atoms with Crippen molar-refractivity contribution in [1.82, 2.24) is 0 Å². The highest BCUT2D eigenvalue weighted by atomic mass is 16.5. The summed E-state index contributed by atoms with van der Waals surface area (Å²) in [6, 6.07) is 20.6. The van der Waals surface area contributed by atoms with E-state index >= 15 is 0 Å². The number of hydrogen-bond acceptors (Lipinski definition) is 4. The molecule has 4 heteroatoms. The number of hydrogen-bond donors (Lipinski definition) is 1. The Labute approximate surface area is 205 Å². The second-order valence-corrected chi connectivity index (χ2v) is 10.7. The molecule has 0 heterocycles. The van der Waals surface area contributed by atoms with Gasteiger partial charge in [-0.2, -0.15) is 0 Å². The molecule has 2 aromatic carbocycles. The van der Waals surface area contributed by atoms with Gasteiger partial charge >= 0.3 is 0 Å². The lowest BCUT2D eigenvalue weighted by Gasteiger charge is -2.58. The first-order valence-corrected chi connectivity index (χ1v) is 12.4. The summed E-state index contributed by atoms with van der Waals surface area (Å²) < 4.78 is 12.8. The Bertz CT molecular complexity index is 864. The number of nitrogens with zero attached hydrogens (tertiary/aromatic N) is 1. The number of benzene rings is 2. The van der Waals surface area contributed by atoms with Crippen LogP contribution in [0.1, 0.15) is 57.6 Å². The normalized spacial score (nSPS) is 22.6. The van der Waals surface area contributed by atoms with Crippen LogP contribution < -0.4 is 0 Å². The van der Waals surface area contributed by atoms with E-state index in [4.69, 9.17) is 9.47 Å². The van der Waals surface area contributed by atoms with Crippen molar-refractivity contribution < 1.29 is 14.7 Å². The molecule has 184 valence electrons. The van der Waals surface area contributed by atoms with Crippen LogP contribution in [0.2, 0.25) is 0 Å². The predicted octanol–water partition coefficient (Wildman–Crippen LogP) is 7.28. The van der Waals surface area contributed by atoms with Crippen LogP contribution in [0.25, 0.3) is 0 Å². The zero-order valence-electron chi connectivity index (χ0n) is 21.1. The third-order valence-electron chi connectivity index (χ3n) is 8.12. The molecule has 0 spiro atoms. The maximum atomic E-state index is 9.23. The van der Waals surface area contributed by atoms with Crippen LogP contribution in [0, 0.1) is 22.2 Å². The molecule has 0 aromatic heterocycles. The summed E-state index contributed by atoms with van der Waals surface area (Å²) in [5.41, 5.74) is 1.89. The summed E-state index contributed by atoms with van der Waals surface area (Å²) in [5.74, 6) is 0.295. The highest BCUT2D eigenvalue weighted by Crippen LogP contribution is 2.60. The fourth-order valence-electron chi connectivity index (χ4n) is 6.02. The van der Waals surface area contributed by atoms with E-state index in [0.29, 0.717) is 38.8 Å². The Kier molecular flexibility index (Phi) is 9.10. The minimum atomic E-state index is -0.387. The van der Waals surface area contributed by atoms with Gasteiger partial charge in [0.05, 0.1) is 26.4 Å². The highest BCUT2D eigenvalue weighted by molar-refractivity contribution is 5.57. The van der Waals surface area contributed by atoms with Gasteiger partial charge in [0.2, 0.25) is 0 Å². The van der Waals surface area contributed by atoms with Crippen LogP contribution >= 0.6 is 0 Å². The van der Waals surface area contributed by atoms with E-state index in [9.17, 15) is 5.21 Å². The van der Waals surface area contributed by atoms with Crippen molar-refractivity contribution in [3.63, 3.8) is 0 Å². The van der Waals surface area contributed by atoms with Crippen molar-refractivity contribution in [3.05, 3.63) is 84.4 Å². The van der Waals surface area contributed by atoms with Gasteiger partial charge in [-0.05, 0) is 47.1 Å². The van der Waals surface area contributed by atoms with Gasteiger partial charge in [-0.3, -0.25) is 0 Å². The standard InChI is InChI=1S/C30H41NO3/c1-5-30(23-33-21-25-13-8-6-9-14-25,24-34-22-26-15-10-7-11-16-26)29(4)19-12-18-28(2,3)27(29)17-20-31-32/h5-11,13-16,20,27,32H,1,12,17-19,21-24H2,2-4H3/b31-20-/t27-,29-/m0/s1. The summed E-state index contributed by atoms with van der Waals surface area (Å²) in [7, 11) is 0.